The Morgan fingerprint density at radius 3 is 2.52 bits per heavy atom. The van der Waals surface area contributed by atoms with Gasteiger partial charge in [0.1, 0.15) is 0 Å². The second-order valence-corrected chi connectivity index (χ2v) is 10.1. The van der Waals surface area contributed by atoms with Crippen LogP contribution in [0.15, 0.2) is 63.9 Å². The van der Waals surface area contributed by atoms with Crippen molar-refractivity contribution in [3.8, 4) is 11.3 Å². The highest BCUT2D eigenvalue weighted by Crippen LogP contribution is 2.28. The molecule has 6 nitrogen and oxygen atoms in total. The summed E-state index contributed by atoms with van der Waals surface area (Å²) < 4.78 is 27.7. The molecule has 9 heteroatoms. The first-order valence-corrected chi connectivity index (χ1v) is 12.7. The molecule has 164 valence electrons. The number of halogens is 1. The quantitative estimate of drug-likeness (QED) is 0.300. The Balaban J connectivity index is 1.75. The normalized spacial score (nSPS) is 12.0. The molecular formula is C22H25ClN4O2S2. The number of hydrogen-bond donors (Lipinski definition) is 1. The zero-order valence-electron chi connectivity index (χ0n) is 17.5. The van der Waals surface area contributed by atoms with Crippen LogP contribution in [-0.4, -0.2) is 37.0 Å². The zero-order valence-corrected chi connectivity index (χ0v) is 19.8. The second-order valence-electron chi connectivity index (χ2n) is 6.89. The van der Waals surface area contributed by atoms with Gasteiger partial charge in [0.15, 0.2) is 0 Å². The summed E-state index contributed by atoms with van der Waals surface area (Å²) in [5, 5.41) is 7.36. The number of rotatable bonds is 10. The van der Waals surface area contributed by atoms with Gasteiger partial charge in [-0.2, -0.15) is 9.41 Å². The molecule has 3 rings (SSSR count). The van der Waals surface area contributed by atoms with Gasteiger partial charge in [-0.15, -0.1) is 11.3 Å². The van der Waals surface area contributed by atoms with Gasteiger partial charge in [-0.1, -0.05) is 49.7 Å². The largest absolute Gasteiger partial charge is 0.253 e. The maximum absolute atomic E-state index is 13.1. The summed E-state index contributed by atoms with van der Waals surface area (Å²) in [7, 11) is -3.54. The summed E-state index contributed by atoms with van der Waals surface area (Å²) >= 11 is 7.28. The second kappa shape index (κ2) is 10.9. The standard InChI is InChI=1S/C22H25ClN4O2S2/c1-3-12-27(13-4-2)31(28,29)20-7-5-6-18(14-20)21-16-30-22(25-21)26-24-15-17-8-10-19(23)11-9-17/h5-11,14-16H,3-4,12-13H2,1-2H3,(H,25,26). The van der Waals surface area contributed by atoms with Crippen LogP contribution in [0.5, 0.6) is 0 Å². The average molecular weight is 477 g/mol. The summed E-state index contributed by atoms with van der Waals surface area (Å²) in [6.45, 7) is 4.98. The molecule has 0 aliphatic carbocycles. The molecule has 3 aromatic rings. The lowest BCUT2D eigenvalue weighted by Crippen LogP contribution is -2.32. The van der Waals surface area contributed by atoms with Crippen molar-refractivity contribution >= 4 is 44.3 Å². The molecule has 0 atom stereocenters. The van der Waals surface area contributed by atoms with Gasteiger partial charge >= 0.3 is 0 Å². The lowest BCUT2D eigenvalue weighted by Gasteiger charge is -2.21. The van der Waals surface area contributed by atoms with Crippen molar-refractivity contribution < 1.29 is 8.42 Å². The first kappa shape index (κ1) is 23.4. The highest BCUT2D eigenvalue weighted by molar-refractivity contribution is 7.89. The van der Waals surface area contributed by atoms with Crippen molar-refractivity contribution in [3.63, 3.8) is 0 Å². The van der Waals surface area contributed by atoms with Gasteiger partial charge in [0.2, 0.25) is 15.2 Å². The third-order valence-corrected chi connectivity index (χ3v) is 7.36. The monoisotopic (exact) mass is 476 g/mol. The van der Waals surface area contributed by atoms with Gasteiger partial charge in [-0.3, -0.25) is 5.43 Å². The summed E-state index contributed by atoms with van der Waals surface area (Å²) in [6.07, 6.45) is 3.23. The van der Waals surface area contributed by atoms with E-state index >= 15 is 0 Å². The molecule has 31 heavy (non-hydrogen) atoms. The van der Waals surface area contributed by atoms with E-state index in [0.29, 0.717) is 28.9 Å². The maximum Gasteiger partial charge on any atom is 0.243 e. The zero-order chi connectivity index (χ0) is 22.3. The molecule has 1 aromatic heterocycles. The van der Waals surface area contributed by atoms with E-state index in [1.54, 1.807) is 40.9 Å². The summed E-state index contributed by atoms with van der Waals surface area (Å²) in [4.78, 5) is 4.82. The van der Waals surface area contributed by atoms with Crippen molar-refractivity contribution in [1.82, 2.24) is 9.29 Å². The van der Waals surface area contributed by atoms with Gasteiger partial charge in [0.25, 0.3) is 0 Å². The third kappa shape index (κ3) is 6.13. The molecule has 0 aliphatic heterocycles. The average Bonchev–Trinajstić information content (AvgIpc) is 3.24. The van der Waals surface area contributed by atoms with Gasteiger partial charge in [-0.05, 0) is 42.7 Å². The Hall–Kier alpha value is -2.26. The van der Waals surface area contributed by atoms with Gasteiger partial charge < -0.3 is 0 Å². The summed E-state index contributed by atoms with van der Waals surface area (Å²) in [5.41, 5.74) is 5.27. The van der Waals surface area contributed by atoms with Crippen molar-refractivity contribution in [3.05, 3.63) is 64.5 Å². The smallest absolute Gasteiger partial charge is 0.243 e. The van der Waals surface area contributed by atoms with E-state index in [1.807, 2.05) is 37.4 Å². The SMILES string of the molecule is CCCN(CCC)S(=O)(=O)c1cccc(-c2csc(NN=Cc3ccc(Cl)cc3)n2)c1. The lowest BCUT2D eigenvalue weighted by atomic mass is 10.2. The van der Waals surface area contributed by atoms with Crippen LogP contribution in [0.4, 0.5) is 5.13 Å². The van der Waals surface area contributed by atoms with E-state index < -0.39 is 10.0 Å². The first-order valence-electron chi connectivity index (χ1n) is 10.0. The number of sulfonamides is 1. The molecule has 0 bridgehead atoms. The van der Waals surface area contributed by atoms with E-state index in [1.165, 1.54) is 11.3 Å². The summed E-state index contributed by atoms with van der Waals surface area (Å²) in [6, 6.07) is 14.3. The molecule has 0 saturated heterocycles. The van der Waals surface area contributed by atoms with Crippen LogP contribution in [0, 0.1) is 0 Å². The van der Waals surface area contributed by atoms with Crippen LogP contribution in [0.3, 0.4) is 0 Å². The molecule has 0 saturated carbocycles. The molecular weight excluding hydrogens is 452 g/mol. The Bertz CT molecular complexity index is 1120. The molecule has 0 radical (unpaired) electrons. The minimum Gasteiger partial charge on any atom is -0.253 e. The van der Waals surface area contributed by atoms with Gasteiger partial charge in [0.05, 0.1) is 16.8 Å². The number of hydrogen-bond acceptors (Lipinski definition) is 6. The van der Waals surface area contributed by atoms with E-state index in [9.17, 15) is 8.42 Å². The predicted octanol–water partition coefficient (Wildman–Crippen LogP) is 5.72. The number of aromatic nitrogens is 1. The Kier molecular flexibility index (Phi) is 8.20. The van der Waals surface area contributed by atoms with Gasteiger partial charge in [0, 0.05) is 29.1 Å². The van der Waals surface area contributed by atoms with Crippen molar-refractivity contribution in [2.45, 2.75) is 31.6 Å². The van der Waals surface area contributed by atoms with E-state index in [-0.39, 0.29) is 4.90 Å². The molecule has 0 fully saturated rings. The fraction of sp³-hybridized carbons (Fsp3) is 0.273. The molecule has 1 heterocycles. The van der Waals surface area contributed by atoms with Crippen LogP contribution in [0.1, 0.15) is 32.3 Å². The third-order valence-electron chi connectivity index (χ3n) is 4.46. The fourth-order valence-corrected chi connectivity index (χ4v) is 5.45. The molecule has 0 amide bonds. The molecule has 0 aliphatic rings. The van der Waals surface area contributed by atoms with Crippen molar-refractivity contribution in [1.29, 1.82) is 0 Å². The van der Waals surface area contributed by atoms with Crippen LogP contribution in [0.2, 0.25) is 5.02 Å². The minimum atomic E-state index is -3.54. The molecule has 0 unspecified atom stereocenters. The maximum atomic E-state index is 13.1. The Labute approximate surface area is 192 Å². The highest BCUT2D eigenvalue weighted by Gasteiger charge is 2.23. The van der Waals surface area contributed by atoms with Crippen LogP contribution in [-0.2, 0) is 10.0 Å². The molecule has 0 spiro atoms. The fourth-order valence-electron chi connectivity index (χ4n) is 2.98. The minimum absolute atomic E-state index is 0.287. The predicted molar refractivity (Wildman–Crippen MR) is 130 cm³/mol. The van der Waals surface area contributed by atoms with Crippen LogP contribution < -0.4 is 5.43 Å². The van der Waals surface area contributed by atoms with Crippen molar-refractivity contribution in [2.24, 2.45) is 5.10 Å². The number of hydrazone groups is 1. The van der Waals surface area contributed by atoms with Crippen molar-refractivity contribution in [2.75, 3.05) is 18.5 Å². The summed E-state index contributed by atoms with van der Waals surface area (Å²) in [5.74, 6) is 0. The molecule has 1 N–H and O–H groups in total. The van der Waals surface area contributed by atoms with E-state index in [2.05, 4.69) is 15.5 Å². The highest BCUT2D eigenvalue weighted by atomic mass is 35.5. The number of nitrogens with zero attached hydrogens (tertiary/aromatic N) is 3. The Morgan fingerprint density at radius 1 is 1.13 bits per heavy atom. The number of nitrogens with one attached hydrogen (secondary N) is 1. The van der Waals surface area contributed by atoms with E-state index in [4.69, 9.17) is 11.6 Å². The number of benzene rings is 2. The van der Waals surface area contributed by atoms with Gasteiger partial charge in [-0.25, -0.2) is 13.4 Å². The number of thiazole rings is 1. The van der Waals surface area contributed by atoms with Crippen LogP contribution >= 0.6 is 22.9 Å². The number of anilines is 1. The Morgan fingerprint density at radius 2 is 1.84 bits per heavy atom. The van der Waals surface area contributed by atoms with E-state index in [0.717, 1.165) is 24.0 Å². The molecule has 2 aromatic carbocycles. The van der Waals surface area contributed by atoms with Crippen LogP contribution in [0.25, 0.3) is 11.3 Å². The topological polar surface area (TPSA) is 74.7 Å². The lowest BCUT2D eigenvalue weighted by molar-refractivity contribution is 0.410. The first-order chi connectivity index (χ1) is 14.9.